The van der Waals surface area contributed by atoms with Gasteiger partial charge in [-0.05, 0) is 51.4 Å². The van der Waals surface area contributed by atoms with Crippen LogP contribution in [-0.4, -0.2) is 23.1 Å². The first-order valence-electron chi connectivity index (χ1n) is 12.0. The Morgan fingerprint density at radius 3 is 1.71 bits per heavy atom. The highest BCUT2D eigenvalue weighted by Crippen LogP contribution is 2.30. The third-order valence-electron chi connectivity index (χ3n) is 6.20. The lowest BCUT2D eigenvalue weighted by atomic mass is 9.82. The minimum absolute atomic E-state index is 0.0522. The molecule has 0 bridgehead atoms. The van der Waals surface area contributed by atoms with Gasteiger partial charge in [-0.2, -0.15) is 0 Å². The highest BCUT2D eigenvalue weighted by atomic mass is 16.5. The predicted molar refractivity (Wildman–Crippen MR) is 114 cm³/mol. The number of esters is 1. The maximum absolute atomic E-state index is 12.6. The van der Waals surface area contributed by atoms with Gasteiger partial charge in [-0.15, -0.1) is 0 Å². The van der Waals surface area contributed by atoms with Crippen molar-refractivity contribution >= 4 is 11.9 Å². The van der Waals surface area contributed by atoms with E-state index < -0.39 is 5.97 Å². The van der Waals surface area contributed by atoms with Gasteiger partial charge in [0.2, 0.25) is 0 Å². The molecule has 0 heterocycles. The lowest BCUT2D eigenvalue weighted by Crippen LogP contribution is -2.29. The molecule has 0 saturated heterocycles. The molecule has 1 rings (SSSR count). The highest BCUT2D eigenvalue weighted by molar-refractivity contribution is 5.74. The molecule has 0 aromatic carbocycles. The fourth-order valence-corrected chi connectivity index (χ4v) is 4.23. The Morgan fingerprint density at radius 2 is 1.18 bits per heavy atom. The molecule has 1 unspecified atom stereocenters. The summed E-state index contributed by atoms with van der Waals surface area (Å²) in [4.78, 5) is 23.7. The molecule has 4 heteroatoms. The highest BCUT2D eigenvalue weighted by Gasteiger charge is 2.31. The van der Waals surface area contributed by atoms with E-state index in [9.17, 15) is 9.59 Å². The minimum Gasteiger partial charge on any atom is -0.481 e. The molecule has 0 aromatic heterocycles. The van der Waals surface area contributed by atoms with E-state index in [-0.39, 0.29) is 23.9 Å². The number of rotatable bonds is 16. The van der Waals surface area contributed by atoms with Crippen LogP contribution in [0.2, 0.25) is 0 Å². The normalized spacial score (nSPS) is 20.6. The number of aliphatic carboxylic acids is 1. The Kier molecular flexibility index (Phi) is 14.1. The van der Waals surface area contributed by atoms with E-state index in [2.05, 4.69) is 13.8 Å². The quantitative estimate of drug-likeness (QED) is 0.228. The van der Waals surface area contributed by atoms with Crippen LogP contribution in [0.1, 0.15) is 123 Å². The van der Waals surface area contributed by atoms with Crippen LogP contribution < -0.4 is 0 Å². The number of unbranched alkanes of at least 4 members (excludes halogenated alkanes) is 9. The van der Waals surface area contributed by atoms with Crippen molar-refractivity contribution in [3.05, 3.63) is 0 Å². The molecule has 0 aromatic rings. The number of hydrogen-bond donors (Lipinski definition) is 1. The molecule has 0 radical (unpaired) electrons. The maximum Gasteiger partial charge on any atom is 0.309 e. The number of ether oxygens (including phenoxy) is 1. The fraction of sp³-hybridized carbons (Fsp3) is 0.917. The van der Waals surface area contributed by atoms with Crippen LogP contribution in [0.3, 0.4) is 0 Å². The Hall–Kier alpha value is -1.06. The molecule has 164 valence electrons. The lowest BCUT2D eigenvalue weighted by molar-refractivity contribution is -0.158. The average Bonchev–Trinajstić information content (AvgIpc) is 2.70. The number of carboxylic acid groups (broad SMARTS) is 1. The summed E-state index contributed by atoms with van der Waals surface area (Å²) in [5.41, 5.74) is 0. The molecule has 0 amide bonds. The third-order valence-corrected chi connectivity index (χ3v) is 6.20. The van der Waals surface area contributed by atoms with Crippen molar-refractivity contribution in [2.24, 2.45) is 11.8 Å². The zero-order valence-corrected chi connectivity index (χ0v) is 18.4. The van der Waals surface area contributed by atoms with Gasteiger partial charge in [0.25, 0.3) is 0 Å². The summed E-state index contributed by atoms with van der Waals surface area (Å²) in [7, 11) is 0. The van der Waals surface area contributed by atoms with Crippen molar-refractivity contribution in [2.75, 3.05) is 0 Å². The van der Waals surface area contributed by atoms with Crippen LogP contribution in [0.5, 0.6) is 0 Å². The monoisotopic (exact) mass is 396 g/mol. The fourth-order valence-electron chi connectivity index (χ4n) is 4.23. The second-order valence-corrected chi connectivity index (χ2v) is 8.71. The molecule has 0 spiro atoms. The smallest absolute Gasteiger partial charge is 0.309 e. The number of carbonyl (C=O) groups excluding carboxylic acids is 1. The van der Waals surface area contributed by atoms with E-state index in [4.69, 9.17) is 9.84 Å². The van der Waals surface area contributed by atoms with Gasteiger partial charge in [-0.1, -0.05) is 71.6 Å². The first-order valence-corrected chi connectivity index (χ1v) is 12.0. The second kappa shape index (κ2) is 15.8. The van der Waals surface area contributed by atoms with Crippen molar-refractivity contribution in [1.29, 1.82) is 0 Å². The van der Waals surface area contributed by atoms with E-state index in [1.807, 2.05) is 0 Å². The summed E-state index contributed by atoms with van der Waals surface area (Å²) in [6, 6.07) is 0. The molecule has 1 N–H and O–H groups in total. The van der Waals surface area contributed by atoms with Crippen LogP contribution in [0.4, 0.5) is 0 Å². The summed E-state index contributed by atoms with van der Waals surface area (Å²) < 4.78 is 5.91. The topological polar surface area (TPSA) is 63.6 Å². The van der Waals surface area contributed by atoms with Gasteiger partial charge in [0.15, 0.2) is 0 Å². The van der Waals surface area contributed by atoms with Crippen LogP contribution in [0, 0.1) is 11.8 Å². The molecular weight excluding hydrogens is 352 g/mol. The van der Waals surface area contributed by atoms with Gasteiger partial charge >= 0.3 is 11.9 Å². The van der Waals surface area contributed by atoms with E-state index >= 15 is 0 Å². The summed E-state index contributed by atoms with van der Waals surface area (Å²) in [5, 5.41) is 9.11. The van der Waals surface area contributed by atoms with Crippen molar-refractivity contribution in [2.45, 2.75) is 129 Å². The zero-order valence-electron chi connectivity index (χ0n) is 18.4. The Labute approximate surface area is 172 Å². The molecule has 1 saturated carbocycles. The molecule has 28 heavy (non-hydrogen) atoms. The predicted octanol–water partition coefficient (Wildman–Crippen LogP) is 6.90. The summed E-state index contributed by atoms with van der Waals surface area (Å²) in [5.74, 6) is -1.17. The number of carbonyl (C=O) groups is 2. The molecule has 0 aliphatic heterocycles. The van der Waals surface area contributed by atoms with E-state index in [0.717, 1.165) is 25.7 Å². The molecule has 1 aliphatic rings. The Bertz CT molecular complexity index is 413. The lowest BCUT2D eigenvalue weighted by Gasteiger charge is -2.27. The Balaban J connectivity index is 2.29. The van der Waals surface area contributed by atoms with Gasteiger partial charge in [0.1, 0.15) is 6.10 Å². The van der Waals surface area contributed by atoms with Crippen LogP contribution >= 0.6 is 0 Å². The molecule has 4 nitrogen and oxygen atoms in total. The van der Waals surface area contributed by atoms with Crippen LogP contribution in [0.25, 0.3) is 0 Å². The SMILES string of the molecule is CCCCCCCCCCC(CCCCC)OC(=O)C1CCC(C(=O)O)CC1. The van der Waals surface area contributed by atoms with Crippen molar-refractivity contribution in [3.8, 4) is 0 Å². The second-order valence-electron chi connectivity index (χ2n) is 8.71. The van der Waals surface area contributed by atoms with Crippen LogP contribution in [-0.2, 0) is 14.3 Å². The molecule has 1 aliphatic carbocycles. The van der Waals surface area contributed by atoms with Crippen molar-refractivity contribution in [3.63, 3.8) is 0 Å². The first kappa shape index (κ1) is 25.0. The zero-order chi connectivity index (χ0) is 20.6. The summed E-state index contributed by atoms with van der Waals surface area (Å²) in [6.45, 7) is 4.44. The van der Waals surface area contributed by atoms with Crippen molar-refractivity contribution < 1.29 is 19.4 Å². The van der Waals surface area contributed by atoms with Gasteiger partial charge in [-0.25, -0.2) is 0 Å². The first-order chi connectivity index (χ1) is 13.6. The summed E-state index contributed by atoms with van der Waals surface area (Å²) >= 11 is 0. The van der Waals surface area contributed by atoms with Gasteiger partial charge in [-0.3, -0.25) is 9.59 Å². The Morgan fingerprint density at radius 1 is 0.750 bits per heavy atom. The standard InChI is InChI=1S/C24H44O4/c1-3-5-7-8-9-10-11-13-15-22(14-12-6-4-2)28-24(27)21-18-16-20(17-19-21)23(25)26/h20-22H,3-19H2,1-2H3,(H,25,26). The largest absolute Gasteiger partial charge is 0.481 e. The average molecular weight is 397 g/mol. The number of hydrogen-bond acceptors (Lipinski definition) is 3. The van der Waals surface area contributed by atoms with Crippen LogP contribution in [0.15, 0.2) is 0 Å². The van der Waals surface area contributed by atoms with E-state index in [1.54, 1.807) is 0 Å². The third kappa shape index (κ3) is 11.1. The van der Waals surface area contributed by atoms with Gasteiger partial charge in [0.05, 0.1) is 11.8 Å². The van der Waals surface area contributed by atoms with E-state index in [1.165, 1.54) is 57.8 Å². The molecular formula is C24H44O4. The summed E-state index contributed by atoms with van der Waals surface area (Å²) in [6.07, 6.45) is 18.4. The molecule has 1 atom stereocenters. The van der Waals surface area contributed by atoms with Gasteiger partial charge in [0, 0.05) is 0 Å². The minimum atomic E-state index is -0.723. The van der Waals surface area contributed by atoms with Gasteiger partial charge < -0.3 is 9.84 Å². The maximum atomic E-state index is 12.6. The molecule has 1 fully saturated rings. The van der Waals surface area contributed by atoms with Crippen molar-refractivity contribution in [1.82, 2.24) is 0 Å². The number of carboxylic acids is 1. The van der Waals surface area contributed by atoms with E-state index in [0.29, 0.717) is 25.7 Å².